The van der Waals surface area contributed by atoms with E-state index in [2.05, 4.69) is 15.4 Å². The summed E-state index contributed by atoms with van der Waals surface area (Å²) in [5, 5.41) is 18.0. The summed E-state index contributed by atoms with van der Waals surface area (Å²) in [5.74, 6) is -0.527. The van der Waals surface area contributed by atoms with Crippen LogP contribution in [0.4, 0.5) is 0 Å². The van der Waals surface area contributed by atoms with Crippen LogP contribution in [0.2, 0.25) is 5.02 Å². The lowest BCUT2D eigenvalue weighted by molar-refractivity contribution is 0.0716. The van der Waals surface area contributed by atoms with Gasteiger partial charge in [0.25, 0.3) is 11.5 Å². The second kappa shape index (κ2) is 8.77. The second-order valence-corrected chi connectivity index (χ2v) is 7.75. The van der Waals surface area contributed by atoms with Gasteiger partial charge < -0.3 is 10.4 Å². The molecule has 0 aliphatic heterocycles. The number of nitrogens with one attached hydrogen (secondary N) is 1. The van der Waals surface area contributed by atoms with E-state index in [0.29, 0.717) is 34.8 Å². The number of benzene rings is 1. The first kappa shape index (κ1) is 20.3. The molecule has 1 aromatic carbocycles. The Bertz CT molecular complexity index is 1100. The topological polar surface area (TPSA) is 97.1 Å². The number of hydrogen-bond acceptors (Lipinski definition) is 5. The highest BCUT2D eigenvalue weighted by molar-refractivity contribution is 6.30. The summed E-state index contributed by atoms with van der Waals surface area (Å²) in [6.07, 6.45) is 5.66. The number of amides is 1. The van der Waals surface area contributed by atoms with E-state index < -0.39 is 17.6 Å². The standard InChI is InChI=1S/C22H21ClN4O3/c23-15-9-7-14(8-10-15)19-12-17(21(29)25-18-5-1-2-6-20(18)28)22(30)27(26-19)16-4-3-11-24-13-16/h3-4,7-13,18,20,28H,1-2,5-6H2,(H,25,29). The van der Waals surface area contributed by atoms with Crippen LogP contribution in [0.25, 0.3) is 16.9 Å². The molecule has 4 rings (SSSR count). The van der Waals surface area contributed by atoms with Crippen molar-refractivity contribution in [2.75, 3.05) is 0 Å². The van der Waals surface area contributed by atoms with E-state index in [0.717, 1.165) is 12.8 Å². The first-order valence-corrected chi connectivity index (χ1v) is 10.2. The van der Waals surface area contributed by atoms with Gasteiger partial charge in [0, 0.05) is 16.8 Å². The lowest BCUT2D eigenvalue weighted by Crippen LogP contribution is -2.46. The summed E-state index contributed by atoms with van der Waals surface area (Å²) < 4.78 is 1.17. The highest BCUT2D eigenvalue weighted by atomic mass is 35.5. The summed E-state index contributed by atoms with van der Waals surface area (Å²) in [7, 11) is 0. The van der Waals surface area contributed by atoms with Crippen LogP contribution >= 0.6 is 11.6 Å². The fourth-order valence-electron chi connectivity index (χ4n) is 3.60. The molecule has 8 heteroatoms. The molecular weight excluding hydrogens is 404 g/mol. The Morgan fingerprint density at radius 3 is 2.63 bits per heavy atom. The summed E-state index contributed by atoms with van der Waals surface area (Å²) in [6.45, 7) is 0. The van der Waals surface area contributed by atoms with E-state index in [4.69, 9.17) is 11.6 Å². The molecule has 0 saturated heterocycles. The zero-order valence-corrected chi connectivity index (χ0v) is 16.9. The first-order chi connectivity index (χ1) is 14.5. The fraction of sp³-hybridized carbons (Fsp3) is 0.273. The van der Waals surface area contributed by atoms with Gasteiger partial charge in [0.1, 0.15) is 5.56 Å². The molecule has 2 unspecified atom stereocenters. The zero-order chi connectivity index (χ0) is 21.1. The molecule has 2 N–H and O–H groups in total. The number of halogens is 1. The molecule has 1 saturated carbocycles. The summed E-state index contributed by atoms with van der Waals surface area (Å²) in [5.41, 5.74) is 1.01. The van der Waals surface area contributed by atoms with E-state index in [1.807, 2.05) is 0 Å². The van der Waals surface area contributed by atoms with Crippen molar-refractivity contribution in [1.82, 2.24) is 20.1 Å². The molecule has 2 heterocycles. The number of rotatable bonds is 4. The van der Waals surface area contributed by atoms with Crippen molar-refractivity contribution in [2.45, 2.75) is 37.8 Å². The maximum absolute atomic E-state index is 13.1. The highest BCUT2D eigenvalue weighted by Gasteiger charge is 2.26. The van der Waals surface area contributed by atoms with Crippen LogP contribution in [-0.4, -0.2) is 37.9 Å². The zero-order valence-electron chi connectivity index (χ0n) is 16.2. The monoisotopic (exact) mass is 424 g/mol. The molecule has 1 fully saturated rings. The number of aromatic nitrogens is 3. The van der Waals surface area contributed by atoms with Crippen LogP contribution in [0.3, 0.4) is 0 Å². The molecule has 3 aromatic rings. The largest absolute Gasteiger partial charge is 0.391 e. The Morgan fingerprint density at radius 2 is 1.93 bits per heavy atom. The van der Waals surface area contributed by atoms with Gasteiger partial charge in [-0.1, -0.05) is 36.6 Å². The van der Waals surface area contributed by atoms with Gasteiger partial charge in [-0.3, -0.25) is 14.6 Å². The van der Waals surface area contributed by atoms with E-state index >= 15 is 0 Å². The second-order valence-electron chi connectivity index (χ2n) is 7.31. The Kier molecular flexibility index (Phi) is 5.92. The molecule has 30 heavy (non-hydrogen) atoms. The average Bonchev–Trinajstić information content (AvgIpc) is 2.76. The molecule has 1 amide bonds. The van der Waals surface area contributed by atoms with Crippen molar-refractivity contribution in [2.24, 2.45) is 0 Å². The third kappa shape index (κ3) is 4.27. The van der Waals surface area contributed by atoms with Crippen LogP contribution in [-0.2, 0) is 0 Å². The number of aliphatic hydroxyl groups excluding tert-OH is 1. The van der Waals surface area contributed by atoms with Gasteiger partial charge >= 0.3 is 0 Å². The SMILES string of the molecule is O=C(NC1CCCCC1O)c1cc(-c2ccc(Cl)cc2)nn(-c2cccnc2)c1=O. The molecule has 2 atom stereocenters. The van der Waals surface area contributed by atoms with Gasteiger partial charge in [0.2, 0.25) is 0 Å². The maximum Gasteiger partial charge on any atom is 0.284 e. The molecule has 0 bridgehead atoms. The number of hydrogen-bond donors (Lipinski definition) is 2. The molecule has 7 nitrogen and oxygen atoms in total. The maximum atomic E-state index is 13.1. The van der Waals surface area contributed by atoms with E-state index in [1.54, 1.807) is 42.6 Å². The molecule has 2 aromatic heterocycles. The van der Waals surface area contributed by atoms with E-state index in [1.165, 1.54) is 16.9 Å². The normalized spacial score (nSPS) is 18.7. The van der Waals surface area contributed by atoms with Gasteiger partial charge in [0.15, 0.2) is 0 Å². The van der Waals surface area contributed by atoms with Crippen LogP contribution < -0.4 is 10.9 Å². The Labute approximate surface area is 178 Å². The van der Waals surface area contributed by atoms with Crippen LogP contribution in [0.5, 0.6) is 0 Å². The smallest absolute Gasteiger partial charge is 0.284 e. The number of aliphatic hydroxyl groups is 1. The van der Waals surface area contributed by atoms with Crippen molar-refractivity contribution in [3.05, 3.63) is 75.8 Å². The lowest BCUT2D eigenvalue weighted by Gasteiger charge is -2.28. The van der Waals surface area contributed by atoms with Crippen LogP contribution in [0, 0.1) is 0 Å². The van der Waals surface area contributed by atoms with Crippen molar-refractivity contribution in [3.63, 3.8) is 0 Å². The quantitative estimate of drug-likeness (QED) is 0.671. The first-order valence-electron chi connectivity index (χ1n) is 9.82. The highest BCUT2D eigenvalue weighted by Crippen LogP contribution is 2.21. The van der Waals surface area contributed by atoms with Crippen molar-refractivity contribution < 1.29 is 9.90 Å². The van der Waals surface area contributed by atoms with Gasteiger partial charge in [-0.2, -0.15) is 9.78 Å². The third-order valence-electron chi connectivity index (χ3n) is 5.23. The predicted molar refractivity (Wildman–Crippen MR) is 114 cm³/mol. The van der Waals surface area contributed by atoms with E-state index in [-0.39, 0.29) is 11.6 Å². The Hall–Kier alpha value is -3.03. The predicted octanol–water partition coefficient (Wildman–Crippen LogP) is 2.98. The number of pyridine rings is 1. The minimum Gasteiger partial charge on any atom is -0.391 e. The number of carbonyl (C=O) groups is 1. The molecular formula is C22H21ClN4O3. The van der Waals surface area contributed by atoms with E-state index in [9.17, 15) is 14.7 Å². The van der Waals surface area contributed by atoms with Crippen LogP contribution in [0.15, 0.2) is 59.7 Å². The van der Waals surface area contributed by atoms with Crippen molar-refractivity contribution in [1.29, 1.82) is 0 Å². The van der Waals surface area contributed by atoms with Crippen molar-refractivity contribution >= 4 is 17.5 Å². The Morgan fingerprint density at radius 1 is 1.17 bits per heavy atom. The summed E-state index contributed by atoms with van der Waals surface area (Å²) in [4.78, 5) is 30.1. The molecule has 154 valence electrons. The number of nitrogens with zero attached hydrogens (tertiary/aromatic N) is 3. The van der Waals surface area contributed by atoms with Gasteiger partial charge in [-0.15, -0.1) is 0 Å². The molecule has 0 spiro atoms. The summed E-state index contributed by atoms with van der Waals surface area (Å²) in [6, 6.07) is 11.5. The molecule has 1 aliphatic carbocycles. The lowest BCUT2D eigenvalue weighted by atomic mass is 9.92. The van der Waals surface area contributed by atoms with Crippen molar-refractivity contribution in [3.8, 4) is 16.9 Å². The van der Waals surface area contributed by atoms with Gasteiger partial charge in [-0.25, -0.2) is 0 Å². The molecule has 1 aliphatic rings. The minimum absolute atomic E-state index is 0.0448. The molecule has 0 radical (unpaired) electrons. The van der Waals surface area contributed by atoms with Gasteiger partial charge in [0.05, 0.1) is 29.7 Å². The summed E-state index contributed by atoms with van der Waals surface area (Å²) >= 11 is 5.98. The fourth-order valence-corrected chi connectivity index (χ4v) is 3.72. The van der Waals surface area contributed by atoms with Gasteiger partial charge in [-0.05, 0) is 43.2 Å². The van der Waals surface area contributed by atoms with Crippen LogP contribution in [0.1, 0.15) is 36.0 Å². The number of carbonyl (C=O) groups excluding carboxylic acids is 1. The average molecular weight is 425 g/mol. The Balaban J connectivity index is 1.78. The third-order valence-corrected chi connectivity index (χ3v) is 5.48. The minimum atomic E-state index is -0.610.